The van der Waals surface area contributed by atoms with E-state index in [0.29, 0.717) is 19.6 Å². The molecule has 1 amide bonds. The second-order valence-electron chi connectivity index (χ2n) is 6.42. The Morgan fingerprint density at radius 1 is 1.26 bits per heavy atom. The van der Waals surface area contributed by atoms with E-state index in [9.17, 15) is 9.18 Å². The Bertz CT molecular complexity index is 528. The summed E-state index contributed by atoms with van der Waals surface area (Å²) < 4.78 is 24.3. The number of ether oxygens (including phenoxy) is 2. The molecule has 2 atom stereocenters. The molecule has 0 bridgehead atoms. The Morgan fingerprint density at radius 3 is 2.65 bits per heavy atom. The van der Waals surface area contributed by atoms with Gasteiger partial charge >= 0.3 is 0 Å². The highest BCUT2D eigenvalue weighted by molar-refractivity contribution is 5.77. The van der Waals surface area contributed by atoms with Crippen molar-refractivity contribution in [3.05, 3.63) is 35.6 Å². The maximum absolute atomic E-state index is 13.0. The highest BCUT2D eigenvalue weighted by Gasteiger charge is 2.36. The topological polar surface area (TPSA) is 38.8 Å². The van der Waals surface area contributed by atoms with E-state index in [-0.39, 0.29) is 30.0 Å². The molecule has 0 saturated carbocycles. The van der Waals surface area contributed by atoms with Crippen LogP contribution in [0.3, 0.4) is 0 Å². The van der Waals surface area contributed by atoms with E-state index in [4.69, 9.17) is 9.47 Å². The van der Waals surface area contributed by atoms with Crippen molar-refractivity contribution in [2.75, 3.05) is 19.8 Å². The van der Waals surface area contributed by atoms with Crippen LogP contribution in [0.25, 0.3) is 0 Å². The van der Waals surface area contributed by atoms with Gasteiger partial charge in [0.05, 0.1) is 19.3 Å². The molecule has 2 aliphatic heterocycles. The summed E-state index contributed by atoms with van der Waals surface area (Å²) in [5.41, 5.74) is 0.988. The van der Waals surface area contributed by atoms with Crippen molar-refractivity contribution in [1.29, 1.82) is 0 Å². The Kier molecular flexibility index (Phi) is 5.28. The highest BCUT2D eigenvalue weighted by Crippen LogP contribution is 2.27. The van der Waals surface area contributed by atoms with Crippen LogP contribution in [0.4, 0.5) is 4.39 Å². The molecule has 0 spiro atoms. The first kappa shape index (κ1) is 16.4. The fourth-order valence-electron chi connectivity index (χ4n) is 3.44. The lowest BCUT2D eigenvalue weighted by Crippen LogP contribution is -2.50. The lowest BCUT2D eigenvalue weighted by molar-refractivity contribution is -0.150. The van der Waals surface area contributed by atoms with Gasteiger partial charge in [0.2, 0.25) is 5.91 Å². The summed E-state index contributed by atoms with van der Waals surface area (Å²) in [6.45, 7) is 3.99. The SMILES string of the molecule is CC(CC(=O)N1CCCCC1C1OCCO1)c1ccc(F)cc1. The van der Waals surface area contributed by atoms with Crippen LogP contribution in [0.1, 0.15) is 44.1 Å². The number of benzene rings is 1. The zero-order chi connectivity index (χ0) is 16.2. The summed E-state index contributed by atoms with van der Waals surface area (Å²) in [5.74, 6) is -0.0550. The number of rotatable bonds is 4. The molecule has 2 saturated heterocycles. The number of nitrogens with zero attached hydrogens (tertiary/aromatic N) is 1. The quantitative estimate of drug-likeness (QED) is 0.855. The number of carbonyl (C=O) groups excluding carboxylic acids is 1. The fourth-order valence-corrected chi connectivity index (χ4v) is 3.44. The molecule has 0 N–H and O–H groups in total. The van der Waals surface area contributed by atoms with Crippen molar-refractivity contribution < 1.29 is 18.7 Å². The Hall–Kier alpha value is -1.46. The molecule has 2 heterocycles. The van der Waals surface area contributed by atoms with Gasteiger partial charge in [-0.15, -0.1) is 0 Å². The minimum atomic E-state index is -0.277. The minimum absolute atomic E-state index is 0.0270. The summed E-state index contributed by atoms with van der Waals surface area (Å²) in [6, 6.07) is 6.42. The van der Waals surface area contributed by atoms with Crippen LogP contribution in [-0.4, -0.2) is 42.9 Å². The number of hydrogen-bond donors (Lipinski definition) is 0. The third kappa shape index (κ3) is 3.90. The number of carbonyl (C=O) groups is 1. The van der Waals surface area contributed by atoms with Gasteiger partial charge in [0.25, 0.3) is 0 Å². The van der Waals surface area contributed by atoms with Crippen molar-refractivity contribution in [2.24, 2.45) is 0 Å². The number of piperidine rings is 1. The van der Waals surface area contributed by atoms with Gasteiger partial charge in [-0.2, -0.15) is 0 Å². The minimum Gasteiger partial charge on any atom is -0.348 e. The van der Waals surface area contributed by atoms with Crippen molar-refractivity contribution in [3.8, 4) is 0 Å². The van der Waals surface area contributed by atoms with Crippen molar-refractivity contribution in [3.63, 3.8) is 0 Å². The van der Waals surface area contributed by atoms with Crippen LogP contribution in [-0.2, 0) is 14.3 Å². The van der Waals surface area contributed by atoms with Gasteiger partial charge in [-0.05, 0) is 42.9 Å². The summed E-state index contributed by atoms with van der Waals surface area (Å²) >= 11 is 0. The first-order valence-corrected chi connectivity index (χ1v) is 8.43. The first-order chi connectivity index (χ1) is 11.1. The number of amides is 1. The van der Waals surface area contributed by atoms with Gasteiger partial charge in [0.1, 0.15) is 5.82 Å². The molecule has 0 aromatic heterocycles. The maximum Gasteiger partial charge on any atom is 0.223 e. The van der Waals surface area contributed by atoms with E-state index >= 15 is 0 Å². The maximum atomic E-state index is 13.0. The molecule has 2 unspecified atom stereocenters. The summed E-state index contributed by atoms with van der Waals surface area (Å²) in [5, 5.41) is 0. The predicted molar refractivity (Wildman–Crippen MR) is 84.5 cm³/mol. The molecule has 126 valence electrons. The molecule has 1 aromatic rings. The first-order valence-electron chi connectivity index (χ1n) is 8.43. The molecule has 2 fully saturated rings. The zero-order valence-corrected chi connectivity index (χ0v) is 13.5. The largest absolute Gasteiger partial charge is 0.348 e. The molecule has 2 aliphatic rings. The zero-order valence-electron chi connectivity index (χ0n) is 13.5. The average Bonchev–Trinajstić information content (AvgIpc) is 3.09. The molecular formula is C18H24FNO3. The molecule has 0 aliphatic carbocycles. The monoisotopic (exact) mass is 321 g/mol. The molecule has 1 aromatic carbocycles. The normalized spacial score (nSPS) is 23.9. The third-order valence-corrected chi connectivity index (χ3v) is 4.75. The summed E-state index contributed by atoms with van der Waals surface area (Å²) in [7, 11) is 0. The van der Waals surface area contributed by atoms with Crippen molar-refractivity contribution in [2.45, 2.75) is 50.9 Å². The van der Waals surface area contributed by atoms with Gasteiger partial charge in [-0.3, -0.25) is 4.79 Å². The number of halogens is 1. The highest BCUT2D eigenvalue weighted by atomic mass is 19.1. The molecule has 0 radical (unpaired) electrons. The summed E-state index contributed by atoms with van der Waals surface area (Å²) in [6.07, 6.45) is 3.21. The Labute approximate surface area is 136 Å². The van der Waals surface area contributed by atoms with E-state index in [0.717, 1.165) is 31.4 Å². The average molecular weight is 321 g/mol. The standard InChI is InChI=1S/C18H24FNO3/c1-13(14-5-7-15(19)8-6-14)12-17(21)20-9-3-2-4-16(20)18-22-10-11-23-18/h5-8,13,16,18H,2-4,9-12H2,1H3. The molecule has 4 nitrogen and oxygen atoms in total. The Morgan fingerprint density at radius 2 is 1.96 bits per heavy atom. The second kappa shape index (κ2) is 7.41. The Balaban J connectivity index is 1.64. The molecule has 23 heavy (non-hydrogen) atoms. The predicted octanol–water partition coefficient (Wildman–Crippen LogP) is 3.07. The van der Waals surface area contributed by atoms with Crippen molar-refractivity contribution >= 4 is 5.91 Å². The van der Waals surface area contributed by atoms with Crippen LogP contribution in [0, 0.1) is 5.82 Å². The van der Waals surface area contributed by atoms with Crippen LogP contribution < -0.4 is 0 Å². The molecule has 5 heteroatoms. The van der Waals surface area contributed by atoms with E-state index in [1.807, 2.05) is 11.8 Å². The van der Waals surface area contributed by atoms with Crippen molar-refractivity contribution in [1.82, 2.24) is 4.90 Å². The molecular weight excluding hydrogens is 297 g/mol. The van der Waals surface area contributed by atoms with E-state index in [1.165, 1.54) is 12.1 Å². The van der Waals surface area contributed by atoms with Gasteiger partial charge in [-0.1, -0.05) is 19.1 Å². The van der Waals surface area contributed by atoms with Crippen LogP contribution in [0.2, 0.25) is 0 Å². The lowest BCUT2D eigenvalue weighted by atomic mass is 9.95. The number of hydrogen-bond acceptors (Lipinski definition) is 3. The van der Waals surface area contributed by atoms with Crippen LogP contribution in [0.5, 0.6) is 0 Å². The third-order valence-electron chi connectivity index (χ3n) is 4.75. The smallest absolute Gasteiger partial charge is 0.223 e. The van der Waals surface area contributed by atoms with E-state index < -0.39 is 0 Å². The van der Waals surface area contributed by atoms with Crippen LogP contribution >= 0.6 is 0 Å². The van der Waals surface area contributed by atoms with Gasteiger partial charge in [0.15, 0.2) is 6.29 Å². The van der Waals surface area contributed by atoms with Gasteiger partial charge in [0, 0.05) is 13.0 Å². The molecule has 3 rings (SSSR count). The lowest BCUT2D eigenvalue weighted by Gasteiger charge is -2.38. The second-order valence-corrected chi connectivity index (χ2v) is 6.42. The number of likely N-dealkylation sites (tertiary alicyclic amines) is 1. The van der Waals surface area contributed by atoms with E-state index in [1.54, 1.807) is 12.1 Å². The van der Waals surface area contributed by atoms with Gasteiger partial charge < -0.3 is 14.4 Å². The van der Waals surface area contributed by atoms with E-state index in [2.05, 4.69) is 0 Å². The summed E-state index contributed by atoms with van der Waals surface area (Å²) in [4.78, 5) is 14.7. The van der Waals surface area contributed by atoms with Gasteiger partial charge in [-0.25, -0.2) is 4.39 Å². The van der Waals surface area contributed by atoms with Crippen LogP contribution in [0.15, 0.2) is 24.3 Å². The fraction of sp³-hybridized carbons (Fsp3) is 0.611.